The molecule has 4 rings (SSSR count). The van der Waals surface area contributed by atoms with Crippen LogP contribution in [-0.4, -0.2) is 16.5 Å². The predicted octanol–water partition coefficient (Wildman–Crippen LogP) is 5.32. The van der Waals surface area contributed by atoms with Crippen LogP contribution >= 0.6 is 0 Å². The van der Waals surface area contributed by atoms with E-state index < -0.39 is 29.3 Å². The molecule has 0 fully saturated rings. The maximum Gasteiger partial charge on any atom is 0.417 e. The summed E-state index contributed by atoms with van der Waals surface area (Å²) in [5, 5.41) is 14.8. The van der Waals surface area contributed by atoms with Crippen molar-refractivity contribution < 1.29 is 31.4 Å². The Bertz CT molecular complexity index is 1360. The van der Waals surface area contributed by atoms with Gasteiger partial charge < -0.3 is 15.3 Å². The Morgan fingerprint density at radius 2 is 1.79 bits per heavy atom. The molecule has 0 unspecified atom stereocenters. The molecule has 0 aliphatic heterocycles. The van der Waals surface area contributed by atoms with Crippen LogP contribution in [0, 0.1) is 23.8 Å². The van der Waals surface area contributed by atoms with E-state index in [1.165, 1.54) is 0 Å². The maximum atomic E-state index is 14.2. The molecule has 2 heterocycles. The van der Waals surface area contributed by atoms with Gasteiger partial charge in [-0.25, -0.2) is 18.7 Å². The quantitative estimate of drug-likeness (QED) is 0.232. The molecule has 0 saturated carbocycles. The number of halogens is 5. The monoisotopic (exact) mass is 476 g/mol. The molecule has 4 aromatic rings. The average Bonchev–Trinajstić information content (AvgIpc) is 2.78. The van der Waals surface area contributed by atoms with Gasteiger partial charge in [0.1, 0.15) is 35.0 Å². The minimum atomic E-state index is -4.61. The van der Waals surface area contributed by atoms with Gasteiger partial charge >= 0.3 is 12.1 Å². The zero-order chi connectivity index (χ0) is 24.5. The van der Waals surface area contributed by atoms with Crippen molar-refractivity contribution in [2.75, 3.05) is 11.9 Å². The summed E-state index contributed by atoms with van der Waals surface area (Å²) in [6.07, 6.45) is -2.27. The molecule has 0 amide bonds. The number of ether oxygens (including phenoxy) is 1. The number of fused-ring (bicyclic) bond motifs is 1. The fourth-order valence-electron chi connectivity index (χ4n) is 3.37. The summed E-state index contributed by atoms with van der Waals surface area (Å²) in [5.41, 5.74) is 0.306. The van der Waals surface area contributed by atoms with E-state index in [9.17, 15) is 27.2 Å². The molecule has 0 bridgehead atoms. The van der Waals surface area contributed by atoms with Gasteiger partial charge in [-0.1, -0.05) is 12.1 Å². The molecule has 2 aromatic heterocycles. The van der Waals surface area contributed by atoms with Gasteiger partial charge in [0.05, 0.1) is 17.0 Å². The largest absolute Gasteiger partial charge is 0.616 e. The van der Waals surface area contributed by atoms with Crippen molar-refractivity contribution in [1.29, 1.82) is 0 Å². The van der Waals surface area contributed by atoms with E-state index in [0.29, 0.717) is 30.7 Å². The summed E-state index contributed by atoms with van der Waals surface area (Å²) < 4.78 is 72.5. The highest BCUT2D eigenvalue weighted by molar-refractivity contribution is 5.89. The number of aromatic nitrogens is 3. The fraction of sp³-hybridized carbons (Fsp3) is 0.174. The summed E-state index contributed by atoms with van der Waals surface area (Å²) in [6, 6.07) is 8.28. The Morgan fingerprint density at radius 1 is 1.03 bits per heavy atom. The van der Waals surface area contributed by atoms with Crippen LogP contribution in [0.3, 0.4) is 0 Å². The summed E-state index contributed by atoms with van der Waals surface area (Å²) in [7, 11) is 0. The van der Waals surface area contributed by atoms with Gasteiger partial charge in [0.25, 0.3) is 0 Å². The topological polar surface area (TPSA) is 74.0 Å². The SMILES string of the molecule is Cc1cc(CCNc2ncnc3c(F)ccc(F)c23)ccc1Oc1cc(C(F)(F)F)cc[n+]1[O-]. The van der Waals surface area contributed by atoms with Gasteiger partial charge in [-0.3, -0.25) is 0 Å². The second-order valence-corrected chi connectivity index (χ2v) is 7.43. The molecular formula is C23H17F5N4O2. The number of nitrogens with one attached hydrogen (secondary N) is 1. The molecule has 0 aliphatic carbocycles. The van der Waals surface area contributed by atoms with Crippen LogP contribution in [0.1, 0.15) is 16.7 Å². The molecule has 0 spiro atoms. The van der Waals surface area contributed by atoms with Crippen molar-refractivity contribution in [3.8, 4) is 11.6 Å². The number of nitrogens with zero attached hydrogens (tertiary/aromatic N) is 3. The highest BCUT2D eigenvalue weighted by atomic mass is 19.4. The zero-order valence-corrected chi connectivity index (χ0v) is 17.7. The van der Waals surface area contributed by atoms with Crippen molar-refractivity contribution >= 4 is 16.7 Å². The first kappa shape index (κ1) is 23.1. The maximum absolute atomic E-state index is 14.2. The van der Waals surface area contributed by atoms with Crippen molar-refractivity contribution in [1.82, 2.24) is 9.97 Å². The number of rotatable bonds is 6. The Labute approximate surface area is 190 Å². The number of aryl methyl sites for hydroxylation is 1. The van der Waals surface area contributed by atoms with Crippen molar-refractivity contribution in [3.05, 3.63) is 88.5 Å². The van der Waals surface area contributed by atoms with Crippen LogP contribution < -0.4 is 14.8 Å². The fourth-order valence-corrected chi connectivity index (χ4v) is 3.37. The van der Waals surface area contributed by atoms with Crippen LogP contribution in [0.15, 0.2) is 55.0 Å². The summed E-state index contributed by atoms with van der Waals surface area (Å²) in [5.74, 6) is -1.43. The van der Waals surface area contributed by atoms with Crippen molar-refractivity contribution in [3.63, 3.8) is 0 Å². The van der Waals surface area contributed by atoms with Gasteiger partial charge in [-0.05, 0) is 42.7 Å². The molecule has 0 aliphatic rings. The van der Waals surface area contributed by atoms with E-state index in [1.54, 1.807) is 25.1 Å². The lowest BCUT2D eigenvalue weighted by Gasteiger charge is -2.12. The molecule has 2 aromatic carbocycles. The van der Waals surface area contributed by atoms with E-state index in [0.717, 1.165) is 30.2 Å². The van der Waals surface area contributed by atoms with Gasteiger partial charge in [0, 0.05) is 12.6 Å². The van der Waals surface area contributed by atoms with Crippen LogP contribution in [-0.2, 0) is 12.6 Å². The first-order valence-corrected chi connectivity index (χ1v) is 10.0. The summed E-state index contributed by atoms with van der Waals surface area (Å²) in [6.45, 7) is 2.01. The Morgan fingerprint density at radius 3 is 2.53 bits per heavy atom. The molecule has 176 valence electrons. The number of hydrogen-bond donors (Lipinski definition) is 1. The van der Waals surface area contributed by atoms with Gasteiger partial charge in [0.15, 0.2) is 6.20 Å². The van der Waals surface area contributed by atoms with Crippen molar-refractivity contribution in [2.45, 2.75) is 19.5 Å². The van der Waals surface area contributed by atoms with Crippen LogP contribution in [0.5, 0.6) is 11.6 Å². The van der Waals surface area contributed by atoms with Crippen molar-refractivity contribution in [2.24, 2.45) is 0 Å². The Hall–Kier alpha value is -4.02. The summed E-state index contributed by atoms with van der Waals surface area (Å²) >= 11 is 0. The van der Waals surface area contributed by atoms with E-state index >= 15 is 0 Å². The molecule has 0 radical (unpaired) electrons. The number of pyridine rings is 1. The average molecular weight is 476 g/mol. The van der Waals surface area contributed by atoms with Crippen LogP contribution in [0.2, 0.25) is 0 Å². The Balaban J connectivity index is 1.46. The smallest absolute Gasteiger partial charge is 0.417 e. The summed E-state index contributed by atoms with van der Waals surface area (Å²) in [4.78, 5) is 7.77. The molecule has 0 atom stereocenters. The highest BCUT2D eigenvalue weighted by Gasteiger charge is 2.33. The lowest BCUT2D eigenvalue weighted by molar-refractivity contribution is -0.611. The molecule has 0 saturated heterocycles. The van der Waals surface area contributed by atoms with E-state index in [-0.39, 0.29) is 27.2 Å². The van der Waals surface area contributed by atoms with Crippen LogP contribution in [0.25, 0.3) is 10.9 Å². The van der Waals surface area contributed by atoms with E-state index in [4.69, 9.17) is 4.74 Å². The zero-order valence-electron chi connectivity index (χ0n) is 17.7. The minimum Gasteiger partial charge on any atom is -0.616 e. The molecular weight excluding hydrogens is 459 g/mol. The van der Waals surface area contributed by atoms with Gasteiger partial charge in [-0.15, -0.1) is 4.73 Å². The van der Waals surface area contributed by atoms with Gasteiger partial charge in [0.2, 0.25) is 0 Å². The molecule has 1 N–H and O–H groups in total. The predicted molar refractivity (Wildman–Crippen MR) is 113 cm³/mol. The second kappa shape index (κ2) is 9.08. The van der Waals surface area contributed by atoms with Crippen LogP contribution in [0.4, 0.5) is 27.8 Å². The number of alkyl halides is 3. The number of anilines is 1. The van der Waals surface area contributed by atoms with Gasteiger partial charge in [-0.2, -0.15) is 13.2 Å². The molecule has 34 heavy (non-hydrogen) atoms. The first-order chi connectivity index (χ1) is 16.1. The highest BCUT2D eigenvalue weighted by Crippen LogP contribution is 2.32. The third-order valence-corrected chi connectivity index (χ3v) is 5.06. The number of hydrogen-bond acceptors (Lipinski definition) is 5. The lowest BCUT2D eigenvalue weighted by Crippen LogP contribution is -2.28. The normalized spacial score (nSPS) is 11.6. The standard InChI is InChI=1S/C23H17F5N4O2/c1-13-10-14(2-5-18(13)34-19-11-15(23(26,27)28)7-9-32(19)33)6-8-29-22-20-16(24)3-4-17(25)21(20)30-12-31-22/h2-5,7,9-12H,6,8H2,1H3,(H,29,30,31). The molecule has 6 nitrogen and oxygen atoms in total. The molecule has 11 heteroatoms. The third kappa shape index (κ3) is 4.82. The Kier molecular flexibility index (Phi) is 6.18. The third-order valence-electron chi connectivity index (χ3n) is 5.06. The van der Waals surface area contributed by atoms with E-state index in [1.807, 2.05) is 0 Å². The van der Waals surface area contributed by atoms with E-state index in [2.05, 4.69) is 15.3 Å². The first-order valence-electron chi connectivity index (χ1n) is 10.0. The lowest BCUT2D eigenvalue weighted by atomic mass is 10.1. The second-order valence-electron chi connectivity index (χ2n) is 7.43. The minimum absolute atomic E-state index is 0.0468. The number of benzene rings is 2.